The molecule has 0 radical (unpaired) electrons. The Hall–Kier alpha value is -1.62. The third kappa shape index (κ3) is 4.21. The summed E-state index contributed by atoms with van der Waals surface area (Å²) in [6, 6.07) is 1.88. The Kier molecular flexibility index (Phi) is 5.76. The second kappa shape index (κ2) is 7.09. The zero-order valence-electron chi connectivity index (χ0n) is 12.2. The van der Waals surface area contributed by atoms with E-state index in [0.717, 1.165) is 30.0 Å². The van der Waals surface area contributed by atoms with Gasteiger partial charge in [0.05, 0.1) is 12.2 Å². The van der Waals surface area contributed by atoms with Gasteiger partial charge in [0.1, 0.15) is 11.7 Å². The molecule has 5 heteroatoms. The molecule has 0 aliphatic carbocycles. The minimum Gasteiger partial charge on any atom is -0.384 e. The first-order chi connectivity index (χ1) is 8.97. The maximum Gasteiger partial charge on any atom is 0.139 e. The van der Waals surface area contributed by atoms with Crippen molar-refractivity contribution in [3.63, 3.8) is 0 Å². The number of ether oxygens (including phenoxy) is 1. The molecule has 106 valence electrons. The lowest BCUT2D eigenvalue weighted by Gasteiger charge is -2.27. The van der Waals surface area contributed by atoms with Crippen LogP contribution >= 0.6 is 0 Å². The molecule has 0 fully saturated rings. The van der Waals surface area contributed by atoms with E-state index in [1.807, 2.05) is 13.0 Å². The van der Waals surface area contributed by atoms with Crippen LogP contribution in [-0.2, 0) is 4.74 Å². The van der Waals surface area contributed by atoms with E-state index in [4.69, 9.17) is 15.9 Å². The lowest BCUT2D eigenvalue weighted by Crippen LogP contribution is -2.34. The van der Waals surface area contributed by atoms with Gasteiger partial charge in [-0.15, -0.1) is 0 Å². The summed E-state index contributed by atoms with van der Waals surface area (Å²) in [6.45, 7) is 8.49. The quantitative estimate of drug-likeness (QED) is 0.581. The molecule has 0 amide bonds. The van der Waals surface area contributed by atoms with Gasteiger partial charge in [-0.3, -0.25) is 5.41 Å². The number of methoxy groups -OCH3 is 1. The van der Waals surface area contributed by atoms with Crippen LogP contribution in [0.1, 0.15) is 25.0 Å². The highest BCUT2D eigenvalue weighted by atomic mass is 16.5. The summed E-state index contributed by atoms with van der Waals surface area (Å²) in [5.74, 6) is 1.34. The van der Waals surface area contributed by atoms with Gasteiger partial charge in [-0.2, -0.15) is 0 Å². The van der Waals surface area contributed by atoms with Gasteiger partial charge in [-0.05, 0) is 24.5 Å². The zero-order valence-corrected chi connectivity index (χ0v) is 12.2. The van der Waals surface area contributed by atoms with E-state index >= 15 is 0 Å². The molecule has 19 heavy (non-hydrogen) atoms. The summed E-state index contributed by atoms with van der Waals surface area (Å²) in [4.78, 5) is 6.55. The predicted molar refractivity (Wildman–Crippen MR) is 78.9 cm³/mol. The van der Waals surface area contributed by atoms with Crippen LogP contribution in [0.3, 0.4) is 0 Å². The lowest BCUT2D eigenvalue weighted by atomic mass is 10.1. The van der Waals surface area contributed by atoms with Gasteiger partial charge in [0.15, 0.2) is 0 Å². The fraction of sp³-hybridized carbons (Fsp3) is 0.571. The van der Waals surface area contributed by atoms with Crippen LogP contribution in [0.2, 0.25) is 0 Å². The van der Waals surface area contributed by atoms with Crippen molar-refractivity contribution in [3.8, 4) is 0 Å². The summed E-state index contributed by atoms with van der Waals surface area (Å²) in [7, 11) is 1.68. The molecule has 0 bridgehead atoms. The number of anilines is 1. The predicted octanol–water partition coefficient (Wildman–Crippen LogP) is 1.78. The van der Waals surface area contributed by atoms with Crippen molar-refractivity contribution in [2.75, 3.05) is 31.7 Å². The van der Waals surface area contributed by atoms with Crippen LogP contribution in [0.25, 0.3) is 0 Å². The minimum atomic E-state index is 0.0618. The molecule has 0 unspecified atom stereocenters. The third-order valence-electron chi connectivity index (χ3n) is 2.86. The van der Waals surface area contributed by atoms with Crippen molar-refractivity contribution in [3.05, 3.63) is 23.4 Å². The van der Waals surface area contributed by atoms with Gasteiger partial charge in [0, 0.05) is 26.4 Å². The van der Waals surface area contributed by atoms with E-state index in [-0.39, 0.29) is 5.84 Å². The van der Waals surface area contributed by atoms with E-state index in [1.165, 1.54) is 0 Å². The van der Waals surface area contributed by atoms with Crippen LogP contribution in [0, 0.1) is 18.3 Å². The number of pyridine rings is 1. The fourth-order valence-electron chi connectivity index (χ4n) is 2.04. The molecule has 0 aromatic carbocycles. The Morgan fingerprint density at radius 2 is 2.21 bits per heavy atom. The van der Waals surface area contributed by atoms with E-state index in [2.05, 4.69) is 23.7 Å². The van der Waals surface area contributed by atoms with Gasteiger partial charge in [-0.1, -0.05) is 13.8 Å². The highest BCUT2D eigenvalue weighted by molar-refractivity contribution is 6.01. The van der Waals surface area contributed by atoms with Crippen LogP contribution in [0.4, 0.5) is 5.82 Å². The van der Waals surface area contributed by atoms with Crippen molar-refractivity contribution >= 4 is 11.7 Å². The number of amidine groups is 1. The molecule has 1 aromatic rings. The molecular formula is C14H24N4O. The van der Waals surface area contributed by atoms with Crippen molar-refractivity contribution in [2.45, 2.75) is 20.8 Å². The summed E-state index contributed by atoms with van der Waals surface area (Å²) >= 11 is 0. The Balaban J connectivity index is 3.13. The summed E-state index contributed by atoms with van der Waals surface area (Å²) < 4.78 is 5.15. The summed E-state index contributed by atoms with van der Waals surface area (Å²) in [5.41, 5.74) is 7.40. The SMILES string of the molecule is COCCN(CC(C)C)c1nccc(C)c1C(=N)N. The smallest absolute Gasteiger partial charge is 0.139 e. The molecule has 0 saturated heterocycles. The molecule has 0 spiro atoms. The number of nitrogens with zero attached hydrogens (tertiary/aromatic N) is 2. The number of aryl methyl sites for hydroxylation is 1. The average Bonchev–Trinajstić information content (AvgIpc) is 2.33. The average molecular weight is 264 g/mol. The van der Waals surface area contributed by atoms with Gasteiger partial charge >= 0.3 is 0 Å². The normalized spacial score (nSPS) is 10.8. The monoisotopic (exact) mass is 264 g/mol. The van der Waals surface area contributed by atoms with Crippen LogP contribution in [-0.4, -0.2) is 37.6 Å². The Labute approximate surface area is 115 Å². The summed E-state index contributed by atoms with van der Waals surface area (Å²) in [6.07, 6.45) is 1.76. The van der Waals surface area contributed by atoms with E-state index in [9.17, 15) is 0 Å². The van der Waals surface area contributed by atoms with Crippen molar-refractivity contribution in [1.82, 2.24) is 4.98 Å². The lowest BCUT2D eigenvalue weighted by molar-refractivity contribution is 0.204. The van der Waals surface area contributed by atoms with Gasteiger partial charge in [-0.25, -0.2) is 4.98 Å². The highest BCUT2D eigenvalue weighted by Crippen LogP contribution is 2.21. The van der Waals surface area contributed by atoms with Crippen molar-refractivity contribution in [2.24, 2.45) is 11.7 Å². The van der Waals surface area contributed by atoms with Crippen molar-refractivity contribution < 1.29 is 4.74 Å². The number of nitrogens with two attached hydrogens (primary N) is 1. The topological polar surface area (TPSA) is 75.2 Å². The molecule has 0 aliphatic heterocycles. The molecule has 1 heterocycles. The van der Waals surface area contributed by atoms with Crippen LogP contribution in [0.15, 0.2) is 12.3 Å². The molecule has 5 nitrogen and oxygen atoms in total. The standard InChI is InChI=1S/C14H24N4O/c1-10(2)9-18(7-8-19-4)14-12(13(15)16)11(3)5-6-17-14/h5-6,10H,7-9H2,1-4H3,(H3,15,16). The third-order valence-corrected chi connectivity index (χ3v) is 2.86. The van der Waals surface area contributed by atoms with E-state index < -0.39 is 0 Å². The number of nitrogens with one attached hydrogen (secondary N) is 1. The maximum absolute atomic E-state index is 7.75. The number of aromatic nitrogens is 1. The number of rotatable bonds is 7. The largest absolute Gasteiger partial charge is 0.384 e. The van der Waals surface area contributed by atoms with Crippen LogP contribution in [0.5, 0.6) is 0 Å². The fourth-order valence-corrected chi connectivity index (χ4v) is 2.04. The van der Waals surface area contributed by atoms with Gasteiger partial charge < -0.3 is 15.4 Å². The Morgan fingerprint density at radius 1 is 1.53 bits per heavy atom. The first-order valence-corrected chi connectivity index (χ1v) is 6.51. The molecule has 3 N–H and O–H groups in total. The maximum atomic E-state index is 7.75. The minimum absolute atomic E-state index is 0.0618. The number of hydrogen-bond acceptors (Lipinski definition) is 4. The molecule has 0 saturated carbocycles. The van der Waals surface area contributed by atoms with Crippen LogP contribution < -0.4 is 10.6 Å². The van der Waals surface area contributed by atoms with Crippen molar-refractivity contribution in [1.29, 1.82) is 5.41 Å². The van der Waals surface area contributed by atoms with Gasteiger partial charge in [0.25, 0.3) is 0 Å². The molecule has 0 atom stereocenters. The Bertz CT molecular complexity index is 431. The molecule has 1 rings (SSSR count). The first-order valence-electron chi connectivity index (χ1n) is 6.51. The second-order valence-corrected chi connectivity index (χ2v) is 5.07. The van der Waals surface area contributed by atoms with E-state index in [1.54, 1.807) is 13.3 Å². The van der Waals surface area contributed by atoms with Gasteiger partial charge in [0.2, 0.25) is 0 Å². The summed E-state index contributed by atoms with van der Waals surface area (Å²) in [5, 5.41) is 7.75. The molecule has 1 aromatic heterocycles. The van der Waals surface area contributed by atoms with E-state index in [0.29, 0.717) is 12.5 Å². The highest BCUT2D eigenvalue weighted by Gasteiger charge is 2.17. The second-order valence-electron chi connectivity index (χ2n) is 5.07. The zero-order chi connectivity index (χ0) is 14.4. The Morgan fingerprint density at radius 3 is 2.74 bits per heavy atom. The molecule has 0 aliphatic rings. The first kappa shape index (κ1) is 15.4. The number of hydrogen-bond donors (Lipinski definition) is 2. The molecular weight excluding hydrogens is 240 g/mol. The number of nitrogen functional groups attached to an aromatic ring is 1.